The summed E-state index contributed by atoms with van der Waals surface area (Å²) < 4.78 is 35.1. The minimum absolute atomic E-state index is 0.0327. The van der Waals surface area contributed by atoms with Gasteiger partial charge in [0, 0.05) is 5.57 Å². The van der Waals surface area contributed by atoms with E-state index in [-0.39, 0.29) is 36.2 Å². The molecule has 0 bridgehead atoms. The number of aliphatic hydroxyl groups excluding tert-OH is 5. The highest BCUT2D eigenvalue weighted by molar-refractivity contribution is 5.97. The minimum Gasteiger partial charge on any atom is -0.504 e. The van der Waals surface area contributed by atoms with Gasteiger partial charge in [-0.15, -0.1) is 0 Å². The monoisotopic (exact) mass is 634 g/mol. The number of rotatable bonds is 9. The molecule has 2 aromatic rings. The number of ether oxygens (including phenoxy) is 4. The van der Waals surface area contributed by atoms with Crippen LogP contribution in [0.4, 0.5) is 4.39 Å². The Hall–Kier alpha value is -3.67. The van der Waals surface area contributed by atoms with Crippen LogP contribution in [0.15, 0.2) is 53.2 Å². The van der Waals surface area contributed by atoms with Gasteiger partial charge in [-0.1, -0.05) is 23.4 Å². The van der Waals surface area contributed by atoms with Crippen LogP contribution in [0.1, 0.15) is 25.0 Å². The predicted molar refractivity (Wildman–Crippen MR) is 152 cm³/mol. The summed E-state index contributed by atoms with van der Waals surface area (Å²) >= 11 is 0. The number of nitrogens with one attached hydrogen (secondary N) is 1. The van der Waals surface area contributed by atoms with E-state index in [2.05, 4.69) is 10.5 Å². The number of fused-ring (bicyclic) bond motifs is 1. The maximum absolute atomic E-state index is 13.3. The van der Waals surface area contributed by atoms with Gasteiger partial charge in [-0.2, -0.15) is 0 Å². The molecule has 2 aliphatic heterocycles. The first kappa shape index (κ1) is 32.7. The van der Waals surface area contributed by atoms with Gasteiger partial charge in [-0.05, 0) is 55.3 Å². The van der Waals surface area contributed by atoms with E-state index in [1.54, 1.807) is 6.07 Å². The number of hydrogen-bond acceptors (Lipinski definition) is 13. The second kappa shape index (κ2) is 13.8. The molecule has 7 N–H and O–H groups in total. The molecule has 2 saturated heterocycles. The molecule has 15 heteroatoms. The van der Waals surface area contributed by atoms with E-state index < -0.39 is 72.9 Å². The second-order valence-electron chi connectivity index (χ2n) is 11.1. The number of carbonyl (C=O) groups excluding carboxylic acids is 1. The van der Waals surface area contributed by atoms with E-state index in [0.29, 0.717) is 11.1 Å². The minimum atomic E-state index is -1.51. The lowest BCUT2D eigenvalue weighted by atomic mass is 9.83. The summed E-state index contributed by atoms with van der Waals surface area (Å²) in [4.78, 5) is 18.1. The van der Waals surface area contributed by atoms with Crippen LogP contribution in [0.2, 0.25) is 0 Å². The molecule has 0 spiro atoms. The Balaban J connectivity index is 1.18. The van der Waals surface area contributed by atoms with Gasteiger partial charge in [0.1, 0.15) is 68.0 Å². The van der Waals surface area contributed by atoms with Gasteiger partial charge in [0.15, 0.2) is 11.5 Å². The maximum Gasteiger partial charge on any atom is 0.247 e. The highest BCUT2D eigenvalue weighted by atomic mass is 19.1. The summed E-state index contributed by atoms with van der Waals surface area (Å²) in [6.07, 6.45) is -10.0. The number of phenols is 1. The Labute approximate surface area is 256 Å². The number of phenolic OH excluding ortho intramolecular Hbond substituents is 1. The van der Waals surface area contributed by atoms with Crippen LogP contribution in [0.3, 0.4) is 0 Å². The van der Waals surface area contributed by atoms with Crippen LogP contribution < -0.4 is 10.1 Å². The summed E-state index contributed by atoms with van der Waals surface area (Å²) in [5, 5.41) is 69.3. The van der Waals surface area contributed by atoms with Crippen molar-refractivity contribution in [3.63, 3.8) is 0 Å². The number of aromatic hydroxyl groups is 1. The molecule has 3 aliphatic rings. The average molecular weight is 635 g/mol. The van der Waals surface area contributed by atoms with Crippen molar-refractivity contribution >= 4 is 17.7 Å². The molecular weight excluding hydrogens is 599 g/mol. The molecule has 1 saturated carbocycles. The van der Waals surface area contributed by atoms with Gasteiger partial charge >= 0.3 is 0 Å². The van der Waals surface area contributed by atoms with Crippen molar-refractivity contribution in [2.75, 3.05) is 6.79 Å². The number of hydrogen-bond donors (Lipinski definition) is 7. The van der Waals surface area contributed by atoms with Crippen LogP contribution in [0, 0.1) is 5.82 Å². The lowest BCUT2D eigenvalue weighted by Gasteiger charge is -2.41. The summed E-state index contributed by atoms with van der Waals surface area (Å²) in [6.45, 7) is 2.79. The van der Waals surface area contributed by atoms with Gasteiger partial charge in [0.25, 0.3) is 0 Å². The van der Waals surface area contributed by atoms with Crippen LogP contribution in [0.5, 0.6) is 11.5 Å². The van der Waals surface area contributed by atoms with Crippen molar-refractivity contribution in [1.29, 1.82) is 0 Å². The van der Waals surface area contributed by atoms with Crippen molar-refractivity contribution in [2.45, 2.75) is 81.6 Å². The third kappa shape index (κ3) is 7.10. The number of amides is 1. The van der Waals surface area contributed by atoms with Crippen molar-refractivity contribution in [1.82, 2.24) is 5.32 Å². The lowest BCUT2D eigenvalue weighted by molar-refractivity contribution is -0.155. The predicted octanol–water partition coefficient (Wildman–Crippen LogP) is -0.325. The molecule has 45 heavy (non-hydrogen) atoms. The van der Waals surface area contributed by atoms with Gasteiger partial charge in [0.2, 0.25) is 12.2 Å². The summed E-state index contributed by atoms with van der Waals surface area (Å²) in [5.74, 6) is -1.52. The Morgan fingerprint density at radius 1 is 1.00 bits per heavy atom. The van der Waals surface area contributed by atoms with Crippen molar-refractivity contribution in [3.05, 3.63) is 65.0 Å². The van der Waals surface area contributed by atoms with Crippen molar-refractivity contribution in [2.24, 2.45) is 5.16 Å². The molecule has 0 radical (unpaired) electrons. The zero-order chi connectivity index (χ0) is 32.4. The molecule has 0 aromatic heterocycles. The fourth-order valence-electron chi connectivity index (χ4n) is 5.36. The Kier molecular flexibility index (Phi) is 10.0. The number of aliphatic hydroxyl groups is 5. The molecule has 1 aliphatic carbocycles. The standard InChI is InChI=1S/C30H35FN2O12/c1-13(29(40)32-20-21(35)23(37)28-27(22(20)36)41-12-42-28)8-15-6-7-19(18(34)10-15)44-30-25(39)24(38)26(45-30)14(2)33-43-11-16-4-3-5-17(31)9-16/h3-10,20-28,30,34-39H,11-12H2,1-2H3,(H,32,40)/b13-8+,33-14-/t20-,21+,22-,23-,24+,25+,26-,27+,28-,30-/m1/s1. The van der Waals surface area contributed by atoms with E-state index >= 15 is 0 Å². The molecule has 2 aromatic carbocycles. The van der Waals surface area contributed by atoms with Crippen LogP contribution in [-0.4, -0.2) is 110 Å². The van der Waals surface area contributed by atoms with Gasteiger partial charge in [-0.25, -0.2) is 4.39 Å². The third-order valence-electron chi connectivity index (χ3n) is 7.83. The van der Waals surface area contributed by atoms with Crippen LogP contribution >= 0.6 is 0 Å². The Morgan fingerprint density at radius 2 is 1.73 bits per heavy atom. The van der Waals surface area contributed by atoms with Gasteiger partial charge in [-0.3, -0.25) is 4.79 Å². The van der Waals surface area contributed by atoms with Crippen molar-refractivity contribution < 1.29 is 63.6 Å². The SMILES string of the molecule is C/C(=N/OCc1cccc(F)c1)[C@H]1O[C@@H](Oc2ccc(/C=C(\C)C(=O)N[C@@H]3[C@H](O)[C@@H](O)[C@H]4OCO[C@H]4[C@@H]3O)cc2O)[C@@H](O)[C@@H]1O. The molecule has 2 heterocycles. The summed E-state index contributed by atoms with van der Waals surface area (Å²) in [6, 6.07) is 8.71. The molecule has 3 fully saturated rings. The van der Waals surface area contributed by atoms with Crippen LogP contribution in [0.25, 0.3) is 6.08 Å². The molecule has 14 nitrogen and oxygen atoms in total. The molecule has 0 unspecified atom stereocenters. The number of halogens is 1. The van der Waals surface area contributed by atoms with E-state index in [1.165, 1.54) is 56.3 Å². The van der Waals surface area contributed by atoms with E-state index in [0.717, 1.165) is 0 Å². The quantitative estimate of drug-likeness (QED) is 0.108. The number of nitrogens with zero attached hydrogens (tertiary/aromatic N) is 1. The normalized spacial score (nSPS) is 33.5. The largest absolute Gasteiger partial charge is 0.504 e. The highest BCUT2D eigenvalue weighted by Gasteiger charge is 2.53. The smallest absolute Gasteiger partial charge is 0.247 e. The number of carbonyl (C=O) groups is 1. The lowest BCUT2D eigenvalue weighted by Crippen LogP contribution is -2.67. The Bertz CT molecular complexity index is 1440. The maximum atomic E-state index is 13.3. The molecule has 1 amide bonds. The van der Waals surface area contributed by atoms with Gasteiger partial charge < -0.3 is 59.7 Å². The van der Waals surface area contributed by atoms with Crippen molar-refractivity contribution in [3.8, 4) is 11.5 Å². The second-order valence-corrected chi connectivity index (χ2v) is 11.1. The number of benzene rings is 2. The molecule has 244 valence electrons. The number of oxime groups is 1. The first-order valence-electron chi connectivity index (χ1n) is 14.1. The average Bonchev–Trinajstić information content (AvgIpc) is 3.61. The van der Waals surface area contributed by atoms with Gasteiger partial charge in [0.05, 0.1) is 11.8 Å². The summed E-state index contributed by atoms with van der Waals surface area (Å²) in [5.41, 5.74) is 1.26. The first-order valence-corrected chi connectivity index (χ1v) is 14.1. The molecular formula is C30H35FN2O12. The van der Waals surface area contributed by atoms with E-state index in [4.69, 9.17) is 23.8 Å². The summed E-state index contributed by atoms with van der Waals surface area (Å²) in [7, 11) is 0. The van der Waals surface area contributed by atoms with E-state index in [1.807, 2.05) is 0 Å². The fraction of sp³-hybridized carbons (Fsp3) is 0.467. The first-order chi connectivity index (χ1) is 21.4. The van der Waals surface area contributed by atoms with E-state index in [9.17, 15) is 39.8 Å². The fourth-order valence-corrected chi connectivity index (χ4v) is 5.36. The zero-order valence-corrected chi connectivity index (χ0v) is 24.3. The zero-order valence-electron chi connectivity index (χ0n) is 24.3. The Morgan fingerprint density at radius 3 is 2.44 bits per heavy atom. The molecule has 10 atom stereocenters. The highest BCUT2D eigenvalue weighted by Crippen LogP contribution is 2.33. The van der Waals surface area contributed by atoms with Crippen LogP contribution in [-0.2, 0) is 30.4 Å². The topological polar surface area (TPSA) is 209 Å². The third-order valence-corrected chi connectivity index (χ3v) is 7.83. The molecule has 5 rings (SSSR count).